The Bertz CT molecular complexity index is 406. The molecule has 0 fully saturated rings. The van der Waals surface area contributed by atoms with E-state index in [0.717, 1.165) is 5.56 Å². The molecule has 0 spiro atoms. The number of alkyl halides is 3. The van der Waals surface area contributed by atoms with Crippen LogP contribution in [0.1, 0.15) is 5.56 Å². The minimum Gasteiger partial charge on any atom is -0.475 e. The van der Waals surface area contributed by atoms with Crippen molar-refractivity contribution in [3.8, 4) is 0 Å². The summed E-state index contributed by atoms with van der Waals surface area (Å²) in [6.45, 7) is 0.240. The Morgan fingerprint density at radius 3 is 2.05 bits per heavy atom. The van der Waals surface area contributed by atoms with Crippen molar-refractivity contribution in [3.63, 3.8) is 0 Å². The summed E-state index contributed by atoms with van der Waals surface area (Å²) in [4.78, 5) is 19.5. The minimum atomic E-state index is -5.08. The topological polar surface area (TPSA) is 89.6 Å². The van der Waals surface area contributed by atoms with Gasteiger partial charge in [0.15, 0.2) is 0 Å². The lowest BCUT2D eigenvalue weighted by atomic mass is 10.2. The van der Waals surface area contributed by atoms with Crippen LogP contribution in [0.2, 0.25) is 0 Å². The molecule has 0 aliphatic carbocycles. The third kappa shape index (κ3) is 8.61. The SMILES string of the molecule is NCC(=O)OCc1ccccc1.O=C(O)C(F)(F)F. The second-order valence-electron chi connectivity index (χ2n) is 3.15. The van der Waals surface area contributed by atoms with E-state index in [2.05, 4.69) is 0 Å². The van der Waals surface area contributed by atoms with Crippen molar-refractivity contribution < 1.29 is 32.6 Å². The van der Waals surface area contributed by atoms with Gasteiger partial charge in [-0.1, -0.05) is 30.3 Å². The molecule has 0 heterocycles. The number of carbonyl (C=O) groups is 2. The molecule has 3 N–H and O–H groups in total. The molecule has 8 heteroatoms. The van der Waals surface area contributed by atoms with Crippen molar-refractivity contribution in [2.75, 3.05) is 6.54 Å². The average Bonchev–Trinajstić information content (AvgIpc) is 2.36. The number of carbonyl (C=O) groups excluding carboxylic acids is 1. The van der Waals surface area contributed by atoms with E-state index < -0.39 is 12.1 Å². The molecule has 0 atom stereocenters. The Balaban J connectivity index is 0.000000399. The number of ether oxygens (including phenoxy) is 1. The Morgan fingerprint density at radius 2 is 1.68 bits per heavy atom. The standard InChI is InChI=1S/C9H11NO2.C2HF3O2/c10-6-9(11)12-7-8-4-2-1-3-5-8;3-2(4,5)1(6)7/h1-5H,6-7,10H2;(H,6,7). The summed E-state index contributed by atoms with van der Waals surface area (Å²) in [5, 5.41) is 7.12. The Labute approximate surface area is 106 Å². The first-order valence-corrected chi connectivity index (χ1v) is 4.97. The summed E-state index contributed by atoms with van der Waals surface area (Å²) in [5.74, 6) is -3.13. The fourth-order valence-electron chi connectivity index (χ4n) is 0.797. The Kier molecular flexibility index (Phi) is 7.20. The fraction of sp³-hybridized carbons (Fsp3) is 0.273. The quantitative estimate of drug-likeness (QED) is 0.814. The second-order valence-corrected chi connectivity index (χ2v) is 3.15. The number of carboxylic acids is 1. The van der Waals surface area contributed by atoms with Crippen molar-refractivity contribution in [2.45, 2.75) is 12.8 Å². The van der Waals surface area contributed by atoms with Crippen LogP contribution in [0, 0.1) is 0 Å². The first-order chi connectivity index (χ1) is 8.77. The van der Waals surface area contributed by atoms with Crippen molar-refractivity contribution in [1.82, 2.24) is 0 Å². The highest BCUT2D eigenvalue weighted by Crippen LogP contribution is 2.13. The normalized spacial score (nSPS) is 10.1. The van der Waals surface area contributed by atoms with Crippen LogP contribution in [0.4, 0.5) is 13.2 Å². The van der Waals surface area contributed by atoms with Gasteiger partial charge in [0, 0.05) is 0 Å². The number of hydrogen-bond donors (Lipinski definition) is 2. The highest BCUT2D eigenvalue weighted by Gasteiger charge is 2.38. The maximum absolute atomic E-state index is 10.6. The molecule has 0 aromatic heterocycles. The average molecular weight is 279 g/mol. The number of rotatable bonds is 3. The van der Waals surface area contributed by atoms with Gasteiger partial charge in [0.1, 0.15) is 6.61 Å². The monoisotopic (exact) mass is 279 g/mol. The van der Waals surface area contributed by atoms with E-state index in [1.165, 1.54) is 0 Å². The van der Waals surface area contributed by atoms with Crippen LogP contribution < -0.4 is 5.73 Å². The molecule has 0 unspecified atom stereocenters. The minimum absolute atomic E-state index is 0.0627. The number of aliphatic carboxylic acids is 1. The van der Waals surface area contributed by atoms with Crippen LogP contribution in [0.5, 0.6) is 0 Å². The van der Waals surface area contributed by atoms with E-state index in [1.54, 1.807) is 0 Å². The number of halogens is 3. The molecule has 0 aliphatic heterocycles. The van der Waals surface area contributed by atoms with Gasteiger partial charge in [0.25, 0.3) is 0 Å². The summed E-state index contributed by atoms with van der Waals surface area (Å²) >= 11 is 0. The lowest BCUT2D eigenvalue weighted by molar-refractivity contribution is -0.192. The maximum Gasteiger partial charge on any atom is 0.490 e. The van der Waals surface area contributed by atoms with Gasteiger partial charge < -0.3 is 15.6 Å². The van der Waals surface area contributed by atoms with Crippen molar-refractivity contribution in [3.05, 3.63) is 35.9 Å². The molecule has 1 aromatic carbocycles. The van der Waals surface area contributed by atoms with Gasteiger partial charge in [0.2, 0.25) is 0 Å². The molecule has 0 saturated carbocycles. The first kappa shape index (κ1) is 16.9. The van der Waals surface area contributed by atoms with E-state index in [-0.39, 0.29) is 12.5 Å². The lowest BCUT2D eigenvalue weighted by Gasteiger charge is -2.01. The Hall–Kier alpha value is -2.09. The highest BCUT2D eigenvalue weighted by molar-refractivity contribution is 5.73. The van der Waals surface area contributed by atoms with Gasteiger partial charge >= 0.3 is 18.1 Å². The van der Waals surface area contributed by atoms with E-state index in [1.807, 2.05) is 30.3 Å². The van der Waals surface area contributed by atoms with Crippen LogP contribution in [0.15, 0.2) is 30.3 Å². The van der Waals surface area contributed by atoms with E-state index in [4.69, 9.17) is 20.4 Å². The van der Waals surface area contributed by atoms with E-state index in [9.17, 15) is 18.0 Å². The summed E-state index contributed by atoms with van der Waals surface area (Å²) in [5.41, 5.74) is 6.03. The summed E-state index contributed by atoms with van der Waals surface area (Å²) in [6.07, 6.45) is -5.08. The smallest absolute Gasteiger partial charge is 0.475 e. The predicted molar refractivity (Wildman–Crippen MR) is 59.0 cm³/mol. The van der Waals surface area contributed by atoms with Crippen molar-refractivity contribution in [1.29, 1.82) is 0 Å². The maximum atomic E-state index is 10.6. The zero-order chi connectivity index (χ0) is 14.9. The molecule has 1 rings (SSSR count). The van der Waals surface area contributed by atoms with Crippen molar-refractivity contribution in [2.24, 2.45) is 5.73 Å². The summed E-state index contributed by atoms with van der Waals surface area (Å²) < 4.78 is 36.5. The van der Waals surface area contributed by atoms with Crippen molar-refractivity contribution >= 4 is 11.9 Å². The number of esters is 1. The van der Waals surface area contributed by atoms with Gasteiger partial charge in [-0.15, -0.1) is 0 Å². The molecule has 0 radical (unpaired) electrons. The third-order valence-electron chi connectivity index (χ3n) is 1.65. The molecular formula is C11H12F3NO4. The second kappa shape index (κ2) is 8.09. The fourth-order valence-corrected chi connectivity index (χ4v) is 0.797. The molecule has 5 nitrogen and oxygen atoms in total. The first-order valence-electron chi connectivity index (χ1n) is 4.97. The van der Waals surface area contributed by atoms with Crippen LogP contribution >= 0.6 is 0 Å². The van der Waals surface area contributed by atoms with Gasteiger partial charge in [-0.05, 0) is 5.56 Å². The predicted octanol–water partition coefficient (Wildman–Crippen LogP) is 1.32. The van der Waals surface area contributed by atoms with Gasteiger partial charge in [-0.3, -0.25) is 4.79 Å². The molecule has 106 valence electrons. The summed E-state index contributed by atoms with van der Waals surface area (Å²) in [6, 6.07) is 9.49. The summed E-state index contributed by atoms with van der Waals surface area (Å²) in [7, 11) is 0. The molecule has 0 amide bonds. The Morgan fingerprint density at radius 1 is 1.21 bits per heavy atom. The zero-order valence-electron chi connectivity index (χ0n) is 9.68. The number of benzene rings is 1. The lowest BCUT2D eigenvalue weighted by Crippen LogP contribution is -2.21. The van der Waals surface area contributed by atoms with E-state index >= 15 is 0 Å². The zero-order valence-corrected chi connectivity index (χ0v) is 9.68. The van der Waals surface area contributed by atoms with Gasteiger partial charge in [-0.25, -0.2) is 4.79 Å². The molecular weight excluding hydrogens is 267 g/mol. The molecule has 19 heavy (non-hydrogen) atoms. The largest absolute Gasteiger partial charge is 0.490 e. The van der Waals surface area contributed by atoms with Crippen LogP contribution in [0.3, 0.4) is 0 Å². The van der Waals surface area contributed by atoms with Gasteiger partial charge in [0.05, 0.1) is 6.54 Å². The van der Waals surface area contributed by atoms with Crippen LogP contribution in [-0.4, -0.2) is 29.8 Å². The molecule has 0 saturated heterocycles. The highest BCUT2D eigenvalue weighted by atomic mass is 19.4. The molecule has 1 aromatic rings. The number of nitrogens with two attached hydrogens (primary N) is 1. The molecule has 0 bridgehead atoms. The third-order valence-corrected chi connectivity index (χ3v) is 1.65. The number of hydrogen-bond acceptors (Lipinski definition) is 4. The van der Waals surface area contributed by atoms with Crippen LogP contribution in [-0.2, 0) is 20.9 Å². The number of carboxylic acid groups (broad SMARTS) is 1. The molecule has 0 aliphatic rings. The van der Waals surface area contributed by atoms with Gasteiger partial charge in [-0.2, -0.15) is 13.2 Å². The van der Waals surface area contributed by atoms with E-state index in [0.29, 0.717) is 6.61 Å². The van der Waals surface area contributed by atoms with Crippen LogP contribution in [0.25, 0.3) is 0 Å².